The summed E-state index contributed by atoms with van der Waals surface area (Å²) in [4.78, 5) is 33.6. The summed E-state index contributed by atoms with van der Waals surface area (Å²) >= 11 is 0. The molecule has 0 aliphatic rings. The number of unbranched alkanes of at least 4 members (excludes halogenated alkanes) is 34. The molecule has 10 nitrogen and oxygen atoms in total. The second kappa shape index (κ2) is 44.0. The summed E-state index contributed by atoms with van der Waals surface area (Å²) < 4.78 is 33.5. The van der Waals surface area contributed by atoms with Crippen molar-refractivity contribution in [2.24, 2.45) is 5.73 Å². The minimum absolute atomic E-state index is 0.0263. The first-order chi connectivity index (χ1) is 28.2. The van der Waals surface area contributed by atoms with Gasteiger partial charge >= 0.3 is 19.8 Å². The fourth-order valence-electron chi connectivity index (χ4n) is 7.31. The lowest BCUT2D eigenvalue weighted by atomic mass is 10.0. The van der Waals surface area contributed by atoms with E-state index in [4.69, 9.17) is 29.4 Å². The number of carbonyl (C=O) groups is 2. The number of carbonyl (C=O) groups excluding carboxylic acids is 1. The Morgan fingerprint density at radius 1 is 0.483 bits per heavy atom. The van der Waals surface area contributed by atoms with Crippen LogP contribution in [-0.2, 0) is 32.7 Å². The van der Waals surface area contributed by atoms with Gasteiger partial charge in [0, 0.05) is 13.0 Å². The molecule has 0 rings (SSSR count). The SMILES string of the molecule is CCCCCCCCCCCCCCCCCCCCOCC(COP(=O)(O)OCC(N)C(=O)O)OC(=O)CCCCCCCCCCCCCCCCCCCC. The van der Waals surface area contributed by atoms with Gasteiger partial charge in [0.25, 0.3) is 0 Å². The fraction of sp³-hybridized carbons (Fsp3) is 0.957. The Morgan fingerprint density at radius 2 is 0.793 bits per heavy atom. The van der Waals surface area contributed by atoms with E-state index >= 15 is 0 Å². The number of rotatable bonds is 48. The van der Waals surface area contributed by atoms with Crippen molar-refractivity contribution >= 4 is 19.8 Å². The molecule has 0 aliphatic heterocycles. The third kappa shape index (κ3) is 43.1. The Bertz CT molecular complexity index is 940. The van der Waals surface area contributed by atoms with Gasteiger partial charge in [-0.25, -0.2) is 4.57 Å². The van der Waals surface area contributed by atoms with Gasteiger partial charge in [0.15, 0.2) is 0 Å². The van der Waals surface area contributed by atoms with Crippen molar-refractivity contribution in [1.82, 2.24) is 0 Å². The van der Waals surface area contributed by atoms with Crippen molar-refractivity contribution < 1.29 is 42.7 Å². The van der Waals surface area contributed by atoms with Crippen LogP contribution >= 0.6 is 7.82 Å². The molecule has 346 valence electrons. The molecule has 4 N–H and O–H groups in total. The Balaban J connectivity index is 4.11. The van der Waals surface area contributed by atoms with Crippen molar-refractivity contribution in [2.75, 3.05) is 26.4 Å². The zero-order valence-corrected chi connectivity index (χ0v) is 38.8. The number of nitrogens with two attached hydrogens (primary N) is 1. The van der Waals surface area contributed by atoms with E-state index < -0.39 is 45.1 Å². The molecule has 0 amide bonds. The smallest absolute Gasteiger partial charge is 0.472 e. The molecule has 0 saturated heterocycles. The summed E-state index contributed by atoms with van der Waals surface area (Å²) in [6.07, 6.45) is 45.8. The molecule has 0 aromatic heterocycles. The van der Waals surface area contributed by atoms with Crippen LogP contribution in [0.5, 0.6) is 0 Å². The third-order valence-electron chi connectivity index (χ3n) is 11.1. The first kappa shape index (κ1) is 57.0. The first-order valence-corrected chi connectivity index (χ1v) is 26.1. The van der Waals surface area contributed by atoms with Crippen molar-refractivity contribution in [3.8, 4) is 0 Å². The van der Waals surface area contributed by atoms with E-state index in [-0.39, 0.29) is 13.0 Å². The highest BCUT2D eigenvalue weighted by Gasteiger charge is 2.27. The fourth-order valence-corrected chi connectivity index (χ4v) is 8.09. The number of carboxylic acids is 1. The summed E-state index contributed by atoms with van der Waals surface area (Å²) in [5.41, 5.74) is 5.37. The predicted octanol–water partition coefficient (Wildman–Crippen LogP) is 13.9. The van der Waals surface area contributed by atoms with Crippen LogP contribution in [-0.4, -0.2) is 60.5 Å². The highest BCUT2D eigenvalue weighted by atomic mass is 31.2. The third-order valence-corrected chi connectivity index (χ3v) is 12.1. The van der Waals surface area contributed by atoms with Crippen LogP contribution < -0.4 is 5.73 Å². The van der Waals surface area contributed by atoms with Crippen LogP contribution in [0.1, 0.15) is 251 Å². The second-order valence-electron chi connectivity index (χ2n) is 17.0. The summed E-state index contributed by atoms with van der Waals surface area (Å²) in [6, 6.07) is -1.47. The van der Waals surface area contributed by atoms with Crippen molar-refractivity contribution in [2.45, 2.75) is 264 Å². The van der Waals surface area contributed by atoms with E-state index in [2.05, 4.69) is 13.8 Å². The molecule has 0 aliphatic carbocycles. The van der Waals surface area contributed by atoms with Crippen molar-refractivity contribution in [1.29, 1.82) is 0 Å². The minimum Gasteiger partial charge on any atom is -0.480 e. The quantitative estimate of drug-likeness (QED) is 0.0306. The van der Waals surface area contributed by atoms with Gasteiger partial charge in [-0.15, -0.1) is 0 Å². The van der Waals surface area contributed by atoms with Gasteiger partial charge in [-0.1, -0.05) is 232 Å². The lowest BCUT2D eigenvalue weighted by Gasteiger charge is -2.20. The normalized spacial score (nSPS) is 13.7. The molecule has 0 saturated carbocycles. The number of esters is 1. The average Bonchev–Trinajstić information content (AvgIpc) is 3.20. The molecule has 3 unspecified atom stereocenters. The number of phosphoric acid groups is 1. The zero-order chi connectivity index (χ0) is 42.6. The van der Waals surface area contributed by atoms with E-state index in [1.54, 1.807) is 0 Å². The molecule has 0 heterocycles. The molecule has 0 aromatic rings. The van der Waals surface area contributed by atoms with Gasteiger partial charge in [0.1, 0.15) is 12.1 Å². The molecular formula is C47H94NO9P. The molecular weight excluding hydrogens is 753 g/mol. The molecule has 3 atom stereocenters. The Morgan fingerprint density at radius 3 is 1.14 bits per heavy atom. The standard InChI is InChI=1S/C47H94NO9P/c1-3-5-7-9-11-13-15-17-19-21-23-25-27-29-31-33-35-37-39-46(49)57-44(42-55-58(52,53)56-43-45(48)47(50)51)41-54-40-38-36-34-32-30-28-26-24-22-20-18-16-14-12-10-8-6-4-2/h44-45H,3-43,48H2,1-2H3,(H,50,51)(H,52,53). The maximum absolute atomic E-state index is 12.7. The molecule has 0 aromatic carbocycles. The summed E-state index contributed by atoms with van der Waals surface area (Å²) in [7, 11) is -4.61. The van der Waals surface area contributed by atoms with Gasteiger partial charge in [-0.05, 0) is 12.8 Å². The highest BCUT2D eigenvalue weighted by Crippen LogP contribution is 2.43. The molecule has 0 spiro atoms. The number of aliphatic carboxylic acids is 1. The lowest BCUT2D eigenvalue weighted by Crippen LogP contribution is -2.34. The average molecular weight is 848 g/mol. The van der Waals surface area contributed by atoms with Crippen LogP contribution in [0.25, 0.3) is 0 Å². The lowest BCUT2D eigenvalue weighted by molar-refractivity contribution is -0.154. The summed E-state index contributed by atoms with van der Waals surface area (Å²) in [5.74, 6) is -1.76. The molecule has 0 radical (unpaired) electrons. The van der Waals surface area contributed by atoms with E-state index in [1.807, 2.05) is 0 Å². The molecule has 58 heavy (non-hydrogen) atoms. The molecule has 11 heteroatoms. The maximum atomic E-state index is 12.7. The van der Waals surface area contributed by atoms with Gasteiger partial charge < -0.3 is 25.2 Å². The molecule has 0 fully saturated rings. The first-order valence-electron chi connectivity index (χ1n) is 24.6. The van der Waals surface area contributed by atoms with Crippen LogP contribution in [0.15, 0.2) is 0 Å². The Labute approximate surface area is 357 Å². The van der Waals surface area contributed by atoms with Crippen molar-refractivity contribution in [3.05, 3.63) is 0 Å². The second-order valence-corrected chi connectivity index (χ2v) is 18.4. The van der Waals surface area contributed by atoms with Crippen LogP contribution in [0.3, 0.4) is 0 Å². The maximum Gasteiger partial charge on any atom is 0.472 e. The van der Waals surface area contributed by atoms with Gasteiger partial charge in [0.2, 0.25) is 0 Å². The van der Waals surface area contributed by atoms with E-state index in [1.165, 1.54) is 193 Å². The van der Waals surface area contributed by atoms with Crippen molar-refractivity contribution in [3.63, 3.8) is 0 Å². The Hall–Kier alpha value is -1.03. The van der Waals surface area contributed by atoms with E-state index in [0.29, 0.717) is 6.61 Å². The van der Waals surface area contributed by atoms with Gasteiger partial charge in [-0.3, -0.25) is 18.6 Å². The van der Waals surface area contributed by atoms with Crippen LogP contribution in [0.2, 0.25) is 0 Å². The van der Waals surface area contributed by atoms with Gasteiger partial charge in [-0.2, -0.15) is 0 Å². The predicted molar refractivity (Wildman–Crippen MR) is 240 cm³/mol. The number of hydrogen-bond acceptors (Lipinski definition) is 8. The van der Waals surface area contributed by atoms with Crippen LogP contribution in [0.4, 0.5) is 0 Å². The zero-order valence-electron chi connectivity index (χ0n) is 37.9. The van der Waals surface area contributed by atoms with E-state index in [9.17, 15) is 19.0 Å². The van der Waals surface area contributed by atoms with Gasteiger partial charge in [0.05, 0.1) is 19.8 Å². The Kier molecular flexibility index (Phi) is 43.3. The largest absolute Gasteiger partial charge is 0.480 e. The minimum atomic E-state index is -4.61. The molecule has 0 bridgehead atoms. The number of carboxylic acid groups (broad SMARTS) is 1. The number of hydrogen-bond donors (Lipinski definition) is 3. The van der Waals surface area contributed by atoms with E-state index in [0.717, 1.165) is 38.5 Å². The number of ether oxygens (including phenoxy) is 2. The topological polar surface area (TPSA) is 155 Å². The summed E-state index contributed by atoms with van der Waals surface area (Å²) in [6.45, 7) is 3.95. The highest BCUT2D eigenvalue weighted by molar-refractivity contribution is 7.47. The monoisotopic (exact) mass is 848 g/mol. The summed E-state index contributed by atoms with van der Waals surface area (Å²) in [5, 5.41) is 8.91. The number of phosphoric ester groups is 1. The van der Waals surface area contributed by atoms with Crippen LogP contribution in [0, 0.1) is 0 Å².